The van der Waals surface area contributed by atoms with E-state index >= 15 is 0 Å². The number of hydrogen-bond donors (Lipinski definition) is 2. The Kier molecular flexibility index (Phi) is 5.73. The quantitative estimate of drug-likeness (QED) is 0.483. The lowest BCUT2D eigenvalue weighted by Gasteiger charge is -2.35. The summed E-state index contributed by atoms with van der Waals surface area (Å²) in [6, 6.07) is 8.03. The van der Waals surface area contributed by atoms with Crippen molar-refractivity contribution in [3.05, 3.63) is 48.5 Å². The van der Waals surface area contributed by atoms with Crippen molar-refractivity contribution < 1.29 is 4.79 Å². The van der Waals surface area contributed by atoms with E-state index in [9.17, 15) is 4.79 Å². The third-order valence-electron chi connectivity index (χ3n) is 4.88. The summed E-state index contributed by atoms with van der Waals surface area (Å²) in [4.78, 5) is 25.5. The van der Waals surface area contributed by atoms with Crippen LogP contribution in [0.2, 0.25) is 0 Å². The Labute approximate surface area is 174 Å². The van der Waals surface area contributed by atoms with Crippen LogP contribution in [-0.4, -0.2) is 67.9 Å². The van der Waals surface area contributed by atoms with Crippen LogP contribution in [0.3, 0.4) is 0 Å². The molecule has 30 heavy (non-hydrogen) atoms. The first-order valence-electron chi connectivity index (χ1n) is 9.91. The van der Waals surface area contributed by atoms with Gasteiger partial charge in [0.25, 0.3) is 0 Å². The minimum atomic E-state index is 0.0344. The molecule has 10 heteroatoms. The van der Waals surface area contributed by atoms with E-state index in [-0.39, 0.29) is 12.5 Å². The SMILES string of the molecule is CCNC(=NCc1cccc(-c2ncn[nH]2)c1)N1CCN(c2cnn(C)c2)C(=O)C1. The number of hydrogen-bond acceptors (Lipinski definition) is 5. The zero-order valence-corrected chi connectivity index (χ0v) is 17.1. The number of carbonyl (C=O) groups is 1. The van der Waals surface area contributed by atoms with Crippen molar-refractivity contribution in [3.63, 3.8) is 0 Å². The van der Waals surface area contributed by atoms with E-state index in [0.29, 0.717) is 19.6 Å². The molecule has 0 bridgehead atoms. The van der Waals surface area contributed by atoms with Gasteiger partial charge in [0.1, 0.15) is 12.9 Å². The number of aromatic amines is 1. The molecule has 10 nitrogen and oxygen atoms in total. The third kappa shape index (κ3) is 4.32. The maximum atomic E-state index is 12.7. The van der Waals surface area contributed by atoms with Crippen LogP contribution in [0, 0.1) is 0 Å². The number of aromatic nitrogens is 5. The predicted molar refractivity (Wildman–Crippen MR) is 114 cm³/mol. The fraction of sp³-hybridized carbons (Fsp3) is 0.350. The van der Waals surface area contributed by atoms with Crippen LogP contribution in [-0.2, 0) is 18.4 Å². The van der Waals surface area contributed by atoms with Crippen molar-refractivity contribution >= 4 is 17.6 Å². The molecular formula is C20H25N9O. The lowest BCUT2D eigenvalue weighted by Crippen LogP contribution is -2.55. The average Bonchev–Trinajstić information content (AvgIpc) is 3.43. The summed E-state index contributed by atoms with van der Waals surface area (Å²) >= 11 is 0. The van der Waals surface area contributed by atoms with Crippen molar-refractivity contribution in [3.8, 4) is 11.4 Å². The van der Waals surface area contributed by atoms with E-state index in [1.807, 2.05) is 49.3 Å². The Morgan fingerprint density at radius 1 is 1.33 bits per heavy atom. The number of piperazine rings is 1. The highest BCUT2D eigenvalue weighted by Crippen LogP contribution is 2.18. The summed E-state index contributed by atoms with van der Waals surface area (Å²) in [6.45, 7) is 4.82. The molecule has 2 N–H and O–H groups in total. The van der Waals surface area contributed by atoms with Gasteiger partial charge < -0.3 is 15.1 Å². The summed E-state index contributed by atoms with van der Waals surface area (Å²) in [7, 11) is 1.84. The molecule has 1 aliphatic rings. The van der Waals surface area contributed by atoms with Crippen LogP contribution in [0.15, 0.2) is 48.0 Å². The molecule has 0 aliphatic carbocycles. The van der Waals surface area contributed by atoms with Gasteiger partial charge in [-0.25, -0.2) is 9.98 Å². The second kappa shape index (κ2) is 8.76. The number of H-pyrrole nitrogens is 1. The van der Waals surface area contributed by atoms with Gasteiger partial charge in [0.2, 0.25) is 5.91 Å². The first-order valence-corrected chi connectivity index (χ1v) is 9.91. The van der Waals surface area contributed by atoms with Gasteiger partial charge in [0.15, 0.2) is 11.8 Å². The monoisotopic (exact) mass is 407 g/mol. The average molecular weight is 407 g/mol. The third-order valence-corrected chi connectivity index (χ3v) is 4.88. The molecule has 4 rings (SSSR count). The van der Waals surface area contributed by atoms with Gasteiger partial charge in [-0.2, -0.15) is 10.2 Å². The molecule has 0 atom stereocenters. The molecule has 156 valence electrons. The van der Waals surface area contributed by atoms with Gasteiger partial charge in [0.05, 0.1) is 18.4 Å². The number of anilines is 1. The molecular weight excluding hydrogens is 382 g/mol. The Hall–Kier alpha value is -3.69. The molecule has 0 radical (unpaired) electrons. The smallest absolute Gasteiger partial charge is 0.246 e. The van der Waals surface area contributed by atoms with Gasteiger partial charge in [-0.3, -0.25) is 14.6 Å². The number of benzene rings is 1. The van der Waals surface area contributed by atoms with E-state index in [1.165, 1.54) is 6.33 Å². The number of nitrogens with one attached hydrogen (secondary N) is 2. The summed E-state index contributed by atoms with van der Waals surface area (Å²) in [5, 5.41) is 14.2. The molecule has 0 spiro atoms. The molecule has 1 saturated heterocycles. The van der Waals surface area contributed by atoms with E-state index in [4.69, 9.17) is 4.99 Å². The molecule has 1 aliphatic heterocycles. The Bertz CT molecular complexity index is 1020. The highest BCUT2D eigenvalue weighted by molar-refractivity contribution is 5.98. The fourth-order valence-corrected chi connectivity index (χ4v) is 3.43. The van der Waals surface area contributed by atoms with Crippen molar-refractivity contribution in [1.29, 1.82) is 0 Å². The van der Waals surface area contributed by atoms with E-state index in [1.54, 1.807) is 15.8 Å². The highest BCUT2D eigenvalue weighted by Gasteiger charge is 2.27. The Morgan fingerprint density at radius 3 is 2.93 bits per heavy atom. The van der Waals surface area contributed by atoms with E-state index in [0.717, 1.165) is 35.1 Å². The van der Waals surface area contributed by atoms with Gasteiger partial charge in [-0.1, -0.05) is 18.2 Å². The van der Waals surface area contributed by atoms with Gasteiger partial charge >= 0.3 is 0 Å². The van der Waals surface area contributed by atoms with Gasteiger partial charge in [0, 0.05) is 38.4 Å². The maximum Gasteiger partial charge on any atom is 0.246 e. The largest absolute Gasteiger partial charge is 0.356 e. The number of aryl methyl sites for hydroxylation is 1. The van der Waals surface area contributed by atoms with Crippen molar-refractivity contribution in [2.75, 3.05) is 31.1 Å². The van der Waals surface area contributed by atoms with Crippen molar-refractivity contribution in [2.24, 2.45) is 12.0 Å². The Morgan fingerprint density at radius 2 is 2.23 bits per heavy atom. The molecule has 3 aromatic rings. The summed E-state index contributed by atoms with van der Waals surface area (Å²) in [6.07, 6.45) is 5.06. The molecule has 0 saturated carbocycles. The molecule has 1 amide bonds. The number of rotatable bonds is 5. The number of nitrogens with zero attached hydrogens (tertiary/aromatic N) is 7. The molecule has 2 aromatic heterocycles. The number of aliphatic imine (C=N–C) groups is 1. The molecule has 1 aromatic carbocycles. The Balaban J connectivity index is 1.46. The van der Waals surface area contributed by atoms with Gasteiger partial charge in [-0.15, -0.1) is 0 Å². The topological polar surface area (TPSA) is 107 Å². The standard InChI is InChI=1S/C20H25N9O/c1-3-21-20(22-10-15-5-4-6-16(9-15)19-23-14-24-26-19)28-7-8-29(18(30)13-28)17-11-25-27(2)12-17/h4-6,9,11-12,14H,3,7-8,10,13H2,1-2H3,(H,21,22)(H,23,24,26). The van der Waals surface area contributed by atoms with Crippen LogP contribution in [0.25, 0.3) is 11.4 Å². The minimum Gasteiger partial charge on any atom is -0.356 e. The molecule has 0 unspecified atom stereocenters. The highest BCUT2D eigenvalue weighted by atomic mass is 16.2. The predicted octanol–water partition coefficient (Wildman–Crippen LogP) is 1.02. The number of amides is 1. The van der Waals surface area contributed by atoms with Crippen LogP contribution in [0.4, 0.5) is 5.69 Å². The van der Waals surface area contributed by atoms with Crippen LogP contribution >= 0.6 is 0 Å². The number of guanidine groups is 1. The second-order valence-electron chi connectivity index (χ2n) is 7.04. The second-order valence-corrected chi connectivity index (χ2v) is 7.04. The van der Waals surface area contributed by atoms with Crippen LogP contribution in [0.1, 0.15) is 12.5 Å². The lowest BCUT2D eigenvalue weighted by atomic mass is 10.1. The normalized spacial score (nSPS) is 15.0. The first-order chi connectivity index (χ1) is 14.6. The molecule has 3 heterocycles. The van der Waals surface area contributed by atoms with Crippen molar-refractivity contribution in [2.45, 2.75) is 13.5 Å². The van der Waals surface area contributed by atoms with E-state index < -0.39 is 0 Å². The van der Waals surface area contributed by atoms with Crippen LogP contribution < -0.4 is 10.2 Å². The molecule has 1 fully saturated rings. The summed E-state index contributed by atoms with van der Waals surface area (Å²) in [5.41, 5.74) is 2.85. The number of carbonyl (C=O) groups excluding carboxylic acids is 1. The van der Waals surface area contributed by atoms with Crippen molar-refractivity contribution in [1.82, 2.24) is 35.2 Å². The zero-order chi connectivity index (χ0) is 20.9. The summed E-state index contributed by atoms with van der Waals surface area (Å²) in [5.74, 6) is 1.50. The minimum absolute atomic E-state index is 0.0344. The van der Waals surface area contributed by atoms with Gasteiger partial charge in [-0.05, 0) is 18.6 Å². The lowest BCUT2D eigenvalue weighted by molar-refractivity contribution is -0.120. The maximum absolute atomic E-state index is 12.7. The first kappa shape index (κ1) is 19.6. The van der Waals surface area contributed by atoms with E-state index in [2.05, 4.69) is 25.6 Å². The zero-order valence-electron chi connectivity index (χ0n) is 17.1. The summed E-state index contributed by atoms with van der Waals surface area (Å²) < 4.78 is 1.70. The fourth-order valence-electron chi connectivity index (χ4n) is 3.43. The van der Waals surface area contributed by atoms with Crippen LogP contribution in [0.5, 0.6) is 0 Å².